The fraction of sp³-hybridized carbons (Fsp3) is 0. The molecule has 2 aromatic rings. The third kappa shape index (κ3) is 1.59. The SMILES string of the molecule is Oc1c(Cl)c[c]cc1-c1ccccc1. The van der Waals surface area contributed by atoms with E-state index in [2.05, 4.69) is 6.07 Å². The van der Waals surface area contributed by atoms with Crippen molar-refractivity contribution in [2.75, 3.05) is 0 Å². The highest BCUT2D eigenvalue weighted by Gasteiger charge is 2.06. The topological polar surface area (TPSA) is 20.2 Å². The molecule has 0 aliphatic heterocycles. The molecule has 0 spiro atoms. The number of halogens is 1. The van der Waals surface area contributed by atoms with E-state index in [4.69, 9.17) is 11.6 Å². The Morgan fingerprint density at radius 1 is 1.07 bits per heavy atom. The lowest BCUT2D eigenvalue weighted by Crippen LogP contribution is -1.79. The van der Waals surface area contributed by atoms with Gasteiger partial charge in [-0.25, -0.2) is 0 Å². The molecule has 1 nitrogen and oxygen atoms in total. The molecule has 0 aromatic heterocycles. The smallest absolute Gasteiger partial charge is 0.142 e. The summed E-state index contributed by atoms with van der Waals surface area (Å²) in [5.41, 5.74) is 1.64. The molecule has 0 fully saturated rings. The molecule has 0 bridgehead atoms. The van der Waals surface area contributed by atoms with Crippen LogP contribution in [0.3, 0.4) is 0 Å². The molecular weight excluding hydrogens is 196 g/mol. The molecule has 0 aliphatic rings. The molecule has 0 saturated heterocycles. The van der Waals surface area contributed by atoms with Crippen molar-refractivity contribution < 1.29 is 5.11 Å². The van der Waals surface area contributed by atoms with Crippen LogP contribution in [-0.2, 0) is 0 Å². The molecule has 14 heavy (non-hydrogen) atoms. The second-order valence-corrected chi connectivity index (χ2v) is 3.34. The van der Waals surface area contributed by atoms with Crippen molar-refractivity contribution in [1.29, 1.82) is 0 Å². The molecule has 0 unspecified atom stereocenters. The third-order valence-electron chi connectivity index (χ3n) is 2.00. The van der Waals surface area contributed by atoms with Crippen molar-refractivity contribution in [3.63, 3.8) is 0 Å². The van der Waals surface area contributed by atoms with E-state index in [0.717, 1.165) is 5.56 Å². The van der Waals surface area contributed by atoms with Gasteiger partial charge in [0.1, 0.15) is 5.75 Å². The lowest BCUT2D eigenvalue weighted by Gasteiger charge is -2.04. The first-order valence-electron chi connectivity index (χ1n) is 4.23. The van der Waals surface area contributed by atoms with Gasteiger partial charge in [0.25, 0.3) is 0 Å². The Morgan fingerprint density at radius 2 is 1.79 bits per heavy atom. The summed E-state index contributed by atoms with van der Waals surface area (Å²) >= 11 is 5.78. The zero-order chi connectivity index (χ0) is 9.97. The van der Waals surface area contributed by atoms with E-state index in [1.165, 1.54) is 0 Å². The molecule has 1 radical (unpaired) electrons. The van der Waals surface area contributed by atoms with Crippen LogP contribution in [0.4, 0.5) is 0 Å². The van der Waals surface area contributed by atoms with E-state index >= 15 is 0 Å². The predicted molar refractivity (Wildman–Crippen MR) is 57.4 cm³/mol. The van der Waals surface area contributed by atoms with Gasteiger partial charge in [-0.05, 0) is 23.8 Å². The van der Waals surface area contributed by atoms with Gasteiger partial charge in [-0.3, -0.25) is 0 Å². The van der Waals surface area contributed by atoms with Crippen LogP contribution in [0, 0.1) is 6.07 Å². The summed E-state index contributed by atoms with van der Waals surface area (Å²) in [4.78, 5) is 0. The average Bonchev–Trinajstić information content (AvgIpc) is 2.23. The van der Waals surface area contributed by atoms with Crippen LogP contribution >= 0.6 is 11.6 Å². The first-order chi connectivity index (χ1) is 6.79. The van der Waals surface area contributed by atoms with E-state index in [1.54, 1.807) is 12.1 Å². The zero-order valence-corrected chi connectivity index (χ0v) is 8.12. The number of hydrogen-bond donors (Lipinski definition) is 1. The van der Waals surface area contributed by atoms with E-state index in [0.29, 0.717) is 10.6 Å². The molecule has 0 atom stereocenters. The summed E-state index contributed by atoms with van der Waals surface area (Å²) in [6, 6.07) is 15.7. The monoisotopic (exact) mass is 203 g/mol. The molecule has 0 saturated carbocycles. The number of hydrogen-bond acceptors (Lipinski definition) is 1. The molecule has 0 heterocycles. The maximum atomic E-state index is 9.70. The molecule has 1 N–H and O–H groups in total. The Bertz CT molecular complexity index is 437. The van der Waals surface area contributed by atoms with E-state index in [1.807, 2.05) is 30.3 Å². The van der Waals surface area contributed by atoms with E-state index in [-0.39, 0.29) is 5.75 Å². The van der Waals surface area contributed by atoms with Gasteiger partial charge in [0, 0.05) is 5.56 Å². The highest BCUT2D eigenvalue weighted by Crippen LogP contribution is 2.34. The summed E-state index contributed by atoms with van der Waals surface area (Å²) in [5, 5.41) is 10.0. The second kappa shape index (κ2) is 3.72. The summed E-state index contributed by atoms with van der Waals surface area (Å²) in [5.74, 6) is 0.108. The molecule has 2 aromatic carbocycles. The minimum Gasteiger partial charge on any atom is -0.506 e. The molecule has 2 rings (SSSR count). The number of phenols is 1. The minimum atomic E-state index is 0.108. The van der Waals surface area contributed by atoms with Gasteiger partial charge in [0.2, 0.25) is 0 Å². The Morgan fingerprint density at radius 3 is 2.50 bits per heavy atom. The fourth-order valence-electron chi connectivity index (χ4n) is 1.30. The van der Waals surface area contributed by atoms with Crippen LogP contribution in [0.2, 0.25) is 5.02 Å². The Balaban J connectivity index is 2.58. The largest absolute Gasteiger partial charge is 0.506 e. The highest BCUT2D eigenvalue weighted by molar-refractivity contribution is 6.32. The van der Waals surface area contributed by atoms with Crippen LogP contribution < -0.4 is 0 Å². The van der Waals surface area contributed by atoms with Gasteiger partial charge in [-0.2, -0.15) is 0 Å². The van der Waals surface area contributed by atoms with Crippen LogP contribution in [0.15, 0.2) is 42.5 Å². The van der Waals surface area contributed by atoms with Crippen molar-refractivity contribution in [2.24, 2.45) is 0 Å². The van der Waals surface area contributed by atoms with Crippen molar-refractivity contribution in [2.45, 2.75) is 0 Å². The fourth-order valence-corrected chi connectivity index (χ4v) is 1.47. The van der Waals surface area contributed by atoms with Gasteiger partial charge in [0.15, 0.2) is 0 Å². The Kier molecular flexibility index (Phi) is 2.42. The summed E-state index contributed by atoms with van der Waals surface area (Å²) < 4.78 is 0. The van der Waals surface area contributed by atoms with Crippen molar-refractivity contribution >= 4 is 11.6 Å². The molecule has 69 valence electrons. The Hall–Kier alpha value is -1.47. The minimum absolute atomic E-state index is 0.108. The molecule has 0 aliphatic carbocycles. The Labute approximate surface area is 87.6 Å². The number of benzene rings is 2. The zero-order valence-electron chi connectivity index (χ0n) is 7.37. The maximum absolute atomic E-state index is 9.70. The van der Waals surface area contributed by atoms with Crippen LogP contribution in [0.25, 0.3) is 11.1 Å². The van der Waals surface area contributed by atoms with Crippen molar-refractivity contribution in [3.05, 3.63) is 53.6 Å². The predicted octanol–water partition coefficient (Wildman–Crippen LogP) is 3.51. The second-order valence-electron chi connectivity index (χ2n) is 2.93. The lowest BCUT2D eigenvalue weighted by molar-refractivity contribution is 0.477. The van der Waals surface area contributed by atoms with E-state index < -0.39 is 0 Å². The van der Waals surface area contributed by atoms with Crippen molar-refractivity contribution in [1.82, 2.24) is 0 Å². The van der Waals surface area contributed by atoms with Crippen LogP contribution in [-0.4, -0.2) is 5.11 Å². The van der Waals surface area contributed by atoms with Gasteiger partial charge in [0.05, 0.1) is 5.02 Å². The normalized spacial score (nSPS) is 10.1. The molecule has 0 amide bonds. The van der Waals surface area contributed by atoms with Gasteiger partial charge in [-0.1, -0.05) is 41.9 Å². The van der Waals surface area contributed by atoms with E-state index in [9.17, 15) is 5.11 Å². The summed E-state index contributed by atoms with van der Waals surface area (Å²) in [7, 11) is 0. The quantitative estimate of drug-likeness (QED) is 0.752. The van der Waals surface area contributed by atoms with Gasteiger partial charge >= 0.3 is 0 Å². The average molecular weight is 204 g/mol. The first kappa shape index (κ1) is 9.10. The van der Waals surface area contributed by atoms with Crippen LogP contribution in [0.1, 0.15) is 0 Å². The summed E-state index contributed by atoms with van der Waals surface area (Å²) in [6.07, 6.45) is 0. The maximum Gasteiger partial charge on any atom is 0.142 e. The summed E-state index contributed by atoms with van der Waals surface area (Å²) in [6.45, 7) is 0. The van der Waals surface area contributed by atoms with Gasteiger partial charge in [-0.15, -0.1) is 0 Å². The van der Waals surface area contributed by atoms with Crippen LogP contribution in [0.5, 0.6) is 5.75 Å². The first-order valence-corrected chi connectivity index (χ1v) is 4.61. The standard InChI is InChI=1S/C12H8ClO/c13-11-8-4-7-10(12(11)14)9-5-2-1-3-6-9/h1-3,5-8,14H. The number of aromatic hydroxyl groups is 1. The highest BCUT2D eigenvalue weighted by atomic mass is 35.5. The van der Waals surface area contributed by atoms with Gasteiger partial charge < -0.3 is 5.11 Å². The third-order valence-corrected chi connectivity index (χ3v) is 2.29. The number of phenolic OH excluding ortho intramolecular Hbond substituents is 1. The number of rotatable bonds is 1. The lowest BCUT2D eigenvalue weighted by atomic mass is 10.1. The van der Waals surface area contributed by atoms with Crippen molar-refractivity contribution in [3.8, 4) is 16.9 Å². The molecular formula is C12H8ClO. The molecule has 2 heteroatoms.